The number of benzene rings is 3. The van der Waals surface area contributed by atoms with Crippen molar-refractivity contribution in [3.8, 4) is 17.2 Å². The number of carbonyl (C=O) groups excluding carboxylic acids is 1. The SMILES string of the molecule is CC1=N[N+](C)(c2ccc(OC(F)(F)F)cc2)C=C1C(=O)O.Cc1nn(-c2ccc(OC(F)(F)F)cc2)cc1C(Nc1ccc(C(=O)NCCC(=O)O)cc1)C1CCCCC1. The molecule has 4 N–H and O–H groups in total. The lowest BCUT2D eigenvalue weighted by Crippen LogP contribution is -2.30. The Kier molecular flexibility index (Phi) is 13.9. The van der Waals surface area contributed by atoms with Gasteiger partial charge in [-0.25, -0.2) is 9.48 Å². The second kappa shape index (κ2) is 18.7. The van der Waals surface area contributed by atoms with Gasteiger partial charge < -0.3 is 30.3 Å². The highest BCUT2D eigenvalue weighted by molar-refractivity contribution is 6.19. The van der Waals surface area contributed by atoms with E-state index in [1.807, 2.05) is 25.3 Å². The molecule has 1 aliphatic carbocycles. The summed E-state index contributed by atoms with van der Waals surface area (Å²) in [5.41, 5.74) is 4.60. The van der Waals surface area contributed by atoms with Crippen molar-refractivity contribution in [3.63, 3.8) is 0 Å². The largest absolute Gasteiger partial charge is 0.573 e. The van der Waals surface area contributed by atoms with Gasteiger partial charge in [-0.05, 0) is 93.3 Å². The summed E-state index contributed by atoms with van der Waals surface area (Å²) in [5, 5.41) is 32.8. The van der Waals surface area contributed by atoms with Gasteiger partial charge in [-0.3, -0.25) is 9.59 Å². The molecule has 2 atom stereocenters. The number of hydrogen-bond donors (Lipinski definition) is 4. The molecule has 19 heteroatoms. The molecule has 3 aromatic carbocycles. The average Bonchev–Trinajstić information content (AvgIpc) is 3.72. The fourth-order valence-electron chi connectivity index (χ4n) is 6.94. The number of rotatable bonds is 13. The van der Waals surface area contributed by atoms with E-state index in [0.717, 1.165) is 54.8 Å². The lowest BCUT2D eigenvalue weighted by Gasteiger charge is -2.31. The van der Waals surface area contributed by atoms with Crippen LogP contribution in [0.15, 0.2) is 95.9 Å². The van der Waals surface area contributed by atoms with Crippen molar-refractivity contribution in [3.05, 3.63) is 108 Å². The highest BCUT2D eigenvalue weighted by atomic mass is 19.4. The van der Waals surface area contributed by atoms with Crippen LogP contribution in [0.25, 0.3) is 5.69 Å². The van der Waals surface area contributed by atoms with Gasteiger partial charge in [0.1, 0.15) is 36.0 Å². The molecule has 1 saturated carbocycles. The molecule has 0 radical (unpaired) electrons. The minimum absolute atomic E-state index is 0.0536. The second-order valence-corrected chi connectivity index (χ2v) is 14.3. The van der Waals surface area contributed by atoms with Crippen molar-refractivity contribution in [1.82, 2.24) is 19.7 Å². The lowest BCUT2D eigenvalue weighted by atomic mass is 9.81. The minimum atomic E-state index is -4.75. The van der Waals surface area contributed by atoms with Crippen molar-refractivity contribution in [1.29, 1.82) is 0 Å². The van der Waals surface area contributed by atoms with E-state index in [2.05, 4.69) is 30.3 Å². The molecule has 60 heavy (non-hydrogen) atoms. The molecule has 0 bridgehead atoms. The first kappa shape index (κ1) is 44.7. The summed E-state index contributed by atoms with van der Waals surface area (Å²) < 4.78 is 83.0. The molecular weight excluding hydrogens is 802 g/mol. The van der Waals surface area contributed by atoms with Gasteiger partial charge in [0.2, 0.25) is 0 Å². The van der Waals surface area contributed by atoms with E-state index in [4.69, 9.17) is 10.2 Å². The van der Waals surface area contributed by atoms with E-state index in [9.17, 15) is 40.7 Å². The number of quaternary nitrogens is 1. The molecule has 6 rings (SSSR count). The Morgan fingerprint density at radius 2 is 1.42 bits per heavy atom. The van der Waals surface area contributed by atoms with Gasteiger partial charge in [-0.2, -0.15) is 5.10 Å². The first-order valence-corrected chi connectivity index (χ1v) is 18.7. The number of carbonyl (C=O) groups is 3. The molecule has 4 aromatic rings. The third-order valence-corrected chi connectivity index (χ3v) is 9.77. The van der Waals surface area contributed by atoms with Crippen LogP contribution in [0.5, 0.6) is 11.5 Å². The molecule has 0 spiro atoms. The Hall–Kier alpha value is -6.37. The van der Waals surface area contributed by atoms with Crippen molar-refractivity contribution >= 4 is 34.9 Å². The maximum absolute atomic E-state index is 12.5. The Labute approximate surface area is 340 Å². The quantitative estimate of drug-likeness (QED) is 0.0760. The van der Waals surface area contributed by atoms with Crippen LogP contribution in [-0.2, 0) is 9.59 Å². The van der Waals surface area contributed by atoms with E-state index in [1.165, 1.54) is 49.0 Å². The summed E-state index contributed by atoms with van der Waals surface area (Å²) in [6, 6.07) is 17.7. The minimum Gasteiger partial charge on any atom is -0.481 e. The van der Waals surface area contributed by atoms with Gasteiger partial charge in [-0.1, -0.05) is 24.4 Å². The van der Waals surface area contributed by atoms with Gasteiger partial charge in [0.15, 0.2) is 5.69 Å². The van der Waals surface area contributed by atoms with Crippen molar-refractivity contribution in [2.45, 2.75) is 71.1 Å². The van der Waals surface area contributed by atoms with E-state index < -0.39 is 24.7 Å². The zero-order valence-corrected chi connectivity index (χ0v) is 32.7. The van der Waals surface area contributed by atoms with E-state index in [-0.39, 0.29) is 46.6 Å². The number of halogens is 6. The van der Waals surface area contributed by atoms with Crippen molar-refractivity contribution in [2.75, 3.05) is 18.9 Å². The molecule has 2 heterocycles. The number of anilines is 1. The first-order valence-electron chi connectivity index (χ1n) is 18.7. The summed E-state index contributed by atoms with van der Waals surface area (Å²) in [7, 11) is 1.62. The molecule has 2 aliphatic rings. The number of carboxylic acids is 2. The number of amides is 1. The number of carboxylic acid groups (broad SMARTS) is 2. The maximum atomic E-state index is 12.5. The second-order valence-electron chi connectivity index (χ2n) is 14.3. The summed E-state index contributed by atoms with van der Waals surface area (Å²) in [6.07, 6.45) is -0.768. The van der Waals surface area contributed by atoms with Crippen molar-refractivity contribution < 1.29 is 60.4 Å². The van der Waals surface area contributed by atoms with Gasteiger partial charge in [-0.15, -0.1) is 30.9 Å². The summed E-state index contributed by atoms with van der Waals surface area (Å²) in [4.78, 5) is 34.0. The summed E-state index contributed by atoms with van der Waals surface area (Å²) >= 11 is 0. The zero-order chi connectivity index (χ0) is 43.8. The lowest BCUT2D eigenvalue weighted by molar-refractivity contribution is -0.275. The van der Waals surface area contributed by atoms with Crippen LogP contribution in [0.2, 0.25) is 0 Å². The van der Waals surface area contributed by atoms with Gasteiger partial charge >= 0.3 is 24.7 Å². The van der Waals surface area contributed by atoms with Crippen LogP contribution < -0.4 is 24.7 Å². The van der Waals surface area contributed by atoms with Crippen LogP contribution in [0.4, 0.5) is 37.7 Å². The molecule has 1 aromatic heterocycles. The van der Waals surface area contributed by atoms with Gasteiger partial charge in [0.05, 0.1) is 23.8 Å². The standard InChI is InChI=1S/C28H31F3N4O4.C13H11F3N2O3/c1-18-24(17-35(34-18)22-11-13-23(14-12-22)39-28(29,30)31)26(19-5-3-2-4-6-19)33-21-9-7-20(8-10-21)27(38)32-16-15-25(36)37;1-8-11(12(19)20)7-18(2,17-8)9-3-5-10(6-4-9)21-13(14,15)16/h7-14,17,19,26,33H,2-6,15-16H2,1H3,(H,32,38)(H,36,37);3-7H,1-2H3/p+1. The Morgan fingerprint density at radius 3 is 1.93 bits per heavy atom. The van der Waals surface area contributed by atoms with Crippen LogP contribution in [0.1, 0.15) is 73.1 Å². The molecule has 13 nitrogen and oxygen atoms in total. The molecule has 1 fully saturated rings. The maximum Gasteiger partial charge on any atom is 0.573 e. The molecular formula is C41H43F6N6O7+. The third kappa shape index (κ3) is 12.3. The van der Waals surface area contributed by atoms with E-state index in [1.54, 1.807) is 30.8 Å². The number of nitrogens with one attached hydrogen (secondary N) is 2. The van der Waals surface area contributed by atoms with Crippen LogP contribution in [0, 0.1) is 12.8 Å². The number of alkyl halides is 6. The fraction of sp³-hybridized carbons (Fsp3) is 0.341. The number of aryl methyl sites for hydroxylation is 1. The predicted molar refractivity (Wildman–Crippen MR) is 209 cm³/mol. The van der Waals surface area contributed by atoms with Crippen LogP contribution >= 0.6 is 0 Å². The highest BCUT2D eigenvalue weighted by Crippen LogP contribution is 2.38. The van der Waals surface area contributed by atoms with Gasteiger partial charge in [0.25, 0.3) is 5.91 Å². The van der Waals surface area contributed by atoms with Crippen LogP contribution in [-0.4, -0.2) is 69.9 Å². The zero-order valence-electron chi connectivity index (χ0n) is 32.7. The molecule has 2 unspecified atom stereocenters. The smallest absolute Gasteiger partial charge is 0.481 e. The predicted octanol–water partition coefficient (Wildman–Crippen LogP) is 8.90. The Balaban J connectivity index is 0.000000274. The number of ether oxygens (including phenoxy) is 2. The molecule has 1 aliphatic heterocycles. The number of hydrogen-bond acceptors (Lipinski definition) is 8. The van der Waals surface area contributed by atoms with Crippen LogP contribution in [0.3, 0.4) is 0 Å². The number of nitrogens with zero attached hydrogens (tertiary/aromatic N) is 4. The molecule has 0 saturated heterocycles. The van der Waals surface area contributed by atoms with E-state index in [0.29, 0.717) is 28.6 Å². The summed E-state index contributed by atoms with van der Waals surface area (Å²) in [6.45, 7) is 3.53. The number of aliphatic carboxylic acids is 2. The summed E-state index contributed by atoms with van der Waals surface area (Å²) in [5.74, 6) is -2.70. The first-order chi connectivity index (χ1) is 28.2. The van der Waals surface area contributed by atoms with Gasteiger partial charge in [0, 0.05) is 41.7 Å². The third-order valence-electron chi connectivity index (χ3n) is 9.77. The average molecular weight is 846 g/mol. The molecule has 320 valence electrons. The van der Waals surface area contributed by atoms with E-state index >= 15 is 0 Å². The Morgan fingerprint density at radius 1 is 0.850 bits per heavy atom. The van der Waals surface area contributed by atoms with Crippen molar-refractivity contribution in [2.24, 2.45) is 11.0 Å². The molecule has 1 amide bonds. The fourth-order valence-corrected chi connectivity index (χ4v) is 6.94. The monoisotopic (exact) mass is 845 g/mol. The topological polar surface area (TPSA) is 164 Å². The number of aromatic nitrogens is 2. The normalized spacial score (nSPS) is 17.4. The Bertz CT molecular complexity index is 2200. The highest BCUT2D eigenvalue weighted by Gasteiger charge is 2.36.